The first-order valence-corrected chi connectivity index (χ1v) is 10.0. The second-order valence-electron chi connectivity index (χ2n) is 6.77. The number of alkyl halides is 3. The topological polar surface area (TPSA) is 88.4 Å². The maximum Gasteiger partial charge on any atom is 0.516 e. The van der Waals surface area contributed by atoms with E-state index in [-0.39, 0.29) is 11.4 Å². The summed E-state index contributed by atoms with van der Waals surface area (Å²) >= 11 is 0. The van der Waals surface area contributed by atoms with Gasteiger partial charge in [0.25, 0.3) is 0 Å². The lowest BCUT2D eigenvalue weighted by Crippen LogP contribution is -2.29. The predicted octanol–water partition coefficient (Wildman–Crippen LogP) is 4.18. The van der Waals surface area contributed by atoms with Crippen molar-refractivity contribution in [3.8, 4) is 0 Å². The van der Waals surface area contributed by atoms with Crippen LogP contribution in [0.5, 0.6) is 0 Å². The molecular weight excluding hydrogens is 385 g/mol. The molecule has 0 spiro atoms. The molecule has 1 saturated carbocycles. The Bertz CT molecular complexity index is 960. The molecule has 1 heterocycles. The van der Waals surface area contributed by atoms with Crippen molar-refractivity contribution in [2.75, 3.05) is 4.72 Å². The van der Waals surface area contributed by atoms with Gasteiger partial charge < -0.3 is 9.67 Å². The molecule has 148 valence electrons. The van der Waals surface area contributed by atoms with Crippen LogP contribution >= 0.6 is 0 Å². The van der Waals surface area contributed by atoms with Crippen molar-refractivity contribution in [2.45, 2.75) is 44.2 Å². The van der Waals surface area contributed by atoms with E-state index in [1.54, 1.807) is 4.57 Å². The Hall–Kier alpha value is -2.23. The number of benzene rings is 1. The van der Waals surface area contributed by atoms with Crippen molar-refractivity contribution in [2.24, 2.45) is 5.92 Å². The van der Waals surface area contributed by atoms with E-state index in [4.69, 9.17) is 0 Å². The highest BCUT2D eigenvalue weighted by Gasteiger charge is 2.46. The van der Waals surface area contributed by atoms with Gasteiger partial charge in [0.1, 0.15) is 5.69 Å². The molecule has 27 heavy (non-hydrogen) atoms. The van der Waals surface area contributed by atoms with Crippen molar-refractivity contribution in [1.82, 2.24) is 4.57 Å². The van der Waals surface area contributed by atoms with Crippen molar-refractivity contribution < 1.29 is 31.5 Å². The summed E-state index contributed by atoms with van der Waals surface area (Å²) in [5.41, 5.74) is -5.12. The number of aromatic carboxylic acids is 1. The van der Waals surface area contributed by atoms with Gasteiger partial charge in [-0.15, -0.1) is 0 Å². The number of hydrogen-bond donors (Lipinski definition) is 2. The summed E-state index contributed by atoms with van der Waals surface area (Å²) in [6, 6.07) is 5.21. The molecule has 0 amide bonds. The first-order chi connectivity index (χ1) is 12.6. The number of fused-ring (bicyclic) bond motifs is 1. The highest BCUT2D eigenvalue weighted by atomic mass is 32.2. The number of rotatable bonds is 5. The van der Waals surface area contributed by atoms with Gasteiger partial charge in [-0.3, -0.25) is 4.72 Å². The average Bonchev–Trinajstić information content (AvgIpc) is 2.92. The zero-order valence-electron chi connectivity index (χ0n) is 14.3. The molecule has 0 atom stereocenters. The van der Waals surface area contributed by atoms with Crippen LogP contribution in [0.2, 0.25) is 0 Å². The fourth-order valence-corrected chi connectivity index (χ4v) is 4.10. The summed E-state index contributed by atoms with van der Waals surface area (Å²) in [5, 5.41) is 9.84. The van der Waals surface area contributed by atoms with E-state index in [0.717, 1.165) is 32.1 Å². The molecule has 10 heteroatoms. The minimum atomic E-state index is -5.53. The van der Waals surface area contributed by atoms with Gasteiger partial charge in [0.05, 0.1) is 0 Å². The maximum absolute atomic E-state index is 12.5. The van der Waals surface area contributed by atoms with Crippen LogP contribution in [-0.4, -0.2) is 29.6 Å². The minimum Gasteiger partial charge on any atom is -0.477 e. The molecule has 1 aliphatic carbocycles. The highest BCUT2D eigenvalue weighted by Crippen LogP contribution is 2.31. The normalized spacial score (nSPS) is 16.6. The van der Waals surface area contributed by atoms with Gasteiger partial charge in [-0.1, -0.05) is 19.3 Å². The van der Waals surface area contributed by atoms with Gasteiger partial charge in [-0.25, -0.2) is 4.79 Å². The highest BCUT2D eigenvalue weighted by molar-refractivity contribution is 7.93. The molecule has 0 saturated heterocycles. The molecule has 6 nitrogen and oxygen atoms in total. The SMILES string of the molecule is O=C(O)c1cc2cc(NS(=O)(=O)C(F)(F)F)ccc2n1CC1CCCCC1. The van der Waals surface area contributed by atoms with Crippen LogP contribution in [0.3, 0.4) is 0 Å². The first-order valence-electron chi connectivity index (χ1n) is 8.54. The molecule has 0 radical (unpaired) electrons. The molecule has 2 N–H and O–H groups in total. The van der Waals surface area contributed by atoms with Crippen LogP contribution in [0, 0.1) is 5.92 Å². The summed E-state index contributed by atoms with van der Waals surface area (Å²) in [5.74, 6) is -0.796. The molecular formula is C17H19F3N2O4S. The fraction of sp³-hybridized carbons (Fsp3) is 0.471. The van der Waals surface area contributed by atoms with E-state index in [0.29, 0.717) is 23.4 Å². The summed E-state index contributed by atoms with van der Waals surface area (Å²) in [4.78, 5) is 11.6. The van der Waals surface area contributed by atoms with Crippen LogP contribution in [0.1, 0.15) is 42.6 Å². The number of sulfonamides is 1. The molecule has 0 unspecified atom stereocenters. The van der Waals surface area contributed by atoms with E-state index in [9.17, 15) is 31.5 Å². The number of hydrogen-bond acceptors (Lipinski definition) is 3. The number of nitrogens with one attached hydrogen (secondary N) is 1. The van der Waals surface area contributed by atoms with E-state index in [2.05, 4.69) is 0 Å². The zero-order chi connectivity index (χ0) is 19.8. The number of carboxylic acids is 1. The lowest BCUT2D eigenvalue weighted by Gasteiger charge is -2.23. The van der Waals surface area contributed by atoms with Crippen molar-refractivity contribution in [3.63, 3.8) is 0 Å². The molecule has 1 aromatic carbocycles. The molecule has 1 aliphatic rings. The number of nitrogens with zero attached hydrogens (tertiary/aromatic N) is 1. The second kappa shape index (κ2) is 7.06. The molecule has 1 fully saturated rings. The standard InChI is InChI=1S/C17H19F3N2O4S/c18-17(19,20)27(25,26)21-13-6-7-14-12(8-13)9-15(16(23)24)22(14)10-11-4-2-1-3-5-11/h6-9,11,21H,1-5,10H2,(H,23,24). The maximum atomic E-state index is 12.5. The van der Waals surface area contributed by atoms with Gasteiger partial charge in [-0.2, -0.15) is 21.6 Å². The second-order valence-corrected chi connectivity index (χ2v) is 8.45. The Morgan fingerprint density at radius 3 is 2.44 bits per heavy atom. The lowest BCUT2D eigenvalue weighted by atomic mass is 9.89. The number of carbonyl (C=O) groups is 1. The fourth-order valence-electron chi connectivity index (χ4n) is 3.55. The van der Waals surface area contributed by atoms with E-state index in [1.807, 2.05) is 0 Å². The van der Waals surface area contributed by atoms with Gasteiger partial charge >= 0.3 is 21.5 Å². The third kappa shape index (κ3) is 4.05. The number of anilines is 1. The number of halogens is 3. The Balaban J connectivity index is 1.97. The van der Waals surface area contributed by atoms with Gasteiger partial charge in [-0.05, 0) is 43.0 Å². The van der Waals surface area contributed by atoms with Crippen molar-refractivity contribution in [3.05, 3.63) is 30.0 Å². The number of carboxylic acid groups (broad SMARTS) is 1. The third-order valence-corrected chi connectivity index (χ3v) is 5.96. The Morgan fingerprint density at radius 1 is 1.19 bits per heavy atom. The lowest BCUT2D eigenvalue weighted by molar-refractivity contribution is -0.0429. The third-order valence-electron chi connectivity index (χ3n) is 4.84. The molecule has 0 bridgehead atoms. The monoisotopic (exact) mass is 404 g/mol. The molecule has 3 rings (SSSR count). The summed E-state index contributed by atoms with van der Waals surface area (Å²) in [6.07, 6.45) is 5.35. The van der Waals surface area contributed by atoms with Crippen molar-refractivity contribution in [1.29, 1.82) is 0 Å². The van der Waals surface area contributed by atoms with Gasteiger partial charge in [0.15, 0.2) is 0 Å². The Kier molecular flexibility index (Phi) is 5.11. The van der Waals surface area contributed by atoms with Crippen LogP contribution in [0.15, 0.2) is 24.3 Å². The molecule has 1 aromatic heterocycles. The predicted molar refractivity (Wildman–Crippen MR) is 94.1 cm³/mol. The van der Waals surface area contributed by atoms with Gasteiger partial charge in [0.2, 0.25) is 0 Å². The van der Waals surface area contributed by atoms with Gasteiger partial charge in [0, 0.05) is 23.1 Å². The van der Waals surface area contributed by atoms with Crippen LogP contribution in [0.4, 0.5) is 18.9 Å². The van der Waals surface area contributed by atoms with Crippen LogP contribution in [-0.2, 0) is 16.6 Å². The van der Waals surface area contributed by atoms with E-state index < -0.39 is 21.5 Å². The smallest absolute Gasteiger partial charge is 0.477 e. The van der Waals surface area contributed by atoms with Crippen LogP contribution < -0.4 is 4.72 Å². The quantitative estimate of drug-likeness (QED) is 0.782. The van der Waals surface area contributed by atoms with Crippen LogP contribution in [0.25, 0.3) is 10.9 Å². The zero-order valence-corrected chi connectivity index (χ0v) is 15.1. The van der Waals surface area contributed by atoms with E-state index in [1.165, 1.54) is 29.0 Å². The number of aromatic nitrogens is 1. The minimum absolute atomic E-state index is 0.0337. The summed E-state index contributed by atoms with van der Waals surface area (Å²) in [6.45, 7) is 0.513. The molecule has 2 aromatic rings. The van der Waals surface area contributed by atoms with Crippen molar-refractivity contribution >= 4 is 32.6 Å². The average molecular weight is 404 g/mol. The Labute approximate surface area is 154 Å². The summed E-state index contributed by atoms with van der Waals surface area (Å²) < 4.78 is 63.3. The first kappa shape index (κ1) is 19.5. The summed E-state index contributed by atoms with van der Waals surface area (Å²) in [7, 11) is -5.53. The van der Waals surface area contributed by atoms with E-state index >= 15 is 0 Å². The molecule has 0 aliphatic heterocycles. The Morgan fingerprint density at radius 2 is 1.85 bits per heavy atom. The largest absolute Gasteiger partial charge is 0.516 e.